The lowest BCUT2D eigenvalue weighted by Crippen LogP contribution is -2.53. The number of nitrogens with zero attached hydrogens (tertiary/aromatic N) is 7. The molecule has 4 heterocycles. The van der Waals surface area contributed by atoms with Crippen molar-refractivity contribution in [2.24, 2.45) is 0 Å². The Morgan fingerprint density at radius 1 is 1.04 bits per heavy atom. The number of pyridine rings is 1. The lowest BCUT2D eigenvalue weighted by Gasteiger charge is -2.43. The molecule has 14 heteroatoms. The summed E-state index contributed by atoms with van der Waals surface area (Å²) in [6, 6.07) is 8.21. The molecule has 12 nitrogen and oxygen atoms in total. The van der Waals surface area contributed by atoms with E-state index in [9.17, 15) is 17.6 Å². The number of halogens is 1. The zero-order chi connectivity index (χ0) is 31.7. The average molecular weight is 643 g/mol. The highest BCUT2D eigenvalue weighted by molar-refractivity contribution is 7.87. The molecule has 1 saturated carbocycles. The second kappa shape index (κ2) is 13.3. The topological polar surface area (TPSA) is 116 Å². The fourth-order valence-electron chi connectivity index (χ4n) is 6.52. The molecular formula is C31H43FN8O4S. The van der Waals surface area contributed by atoms with Crippen LogP contribution in [0.3, 0.4) is 0 Å². The van der Waals surface area contributed by atoms with Gasteiger partial charge in [0.15, 0.2) is 5.65 Å². The van der Waals surface area contributed by atoms with Gasteiger partial charge in [0.05, 0.1) is 29.1 Å². The number of benzene rings is 1. The van der Waals surface area contributed by atoms with Gasteiger partial charge in [-0.2, -0.15) is 17.8 Å². The van der Waals surface area contributed by atoms with E-state index >= 15 is 0 Å². The minimum absolute atomic E-state index is 0.0133. The smallest absolute Gasteiger partial charge is 0.303 e. The van der Waals surface area contributed by atoms with Crippen molar-refractivity contribution in [3.63, 3.8) is 0 Å². The van der Waals surface area contributed by atoms with E-state index in [1.54, 1.807) is 30.0 Å². The Morgan fingerprint density at radius 3 is 2.33 bits per heavy atom. The Morgan fingerprint density at radius 2 is 1.73 bits per heavy atom. The molecule has 1 amide bonds. The van der Waals surface area contributed by atoms with Gasteiger partial charge in [0.2, 0.25) is 0 Å². The first kappa shape index (κ1) is 31.8. The first-order valence-electron chi connectivity index (χ1n) is 15.8. The molecule has 3 fully saturated rings. The number of piperidine rings is 1. The predicted molar refractivity (Wildman–Crippen MR) is 171 cm³/mol. The Balaban J connectivity index is 1.34. The van der Waals surface area contributed by atoms with Crippen LogP contribution in [0.1, 0.15) is 54.2 Å². The number of aromatic nitrogens is 3. The molecule has 2 aliphatic heterocycles. The minimum atomic E-state index is -4.04. The zero-order valence-corrected chi connectivity index (χ0v) is 27.1. The number of hydrogen-bond donors (Lipinski definition) is 1. The number of fused-ring (bicyclic) bond motifs is 1. The summed E-state index contributed by atoms with van der Waals surface area (Å²) in [5, 5.41) is 5.89. The van der Waals surface area contributed by atoms with Crippen molar-refractivity contribution >= 4 is 32.8 Å². The number of hydrogen-bond acceptors (Lipinski definition) is 9. The van der Waals surface area contributed by atoms with Crippen LogP contribution in [-0.2, 0) is 14.9 Å². The van der Waals surface area contributed by atoms with Gasteiger partial charge in [-0.05, 0) is 56.0 Å². The molecule has 0 unspecified atom stereocenters. The van der Waals surface area contributed by atoms with Gasteiger partial charge in [0.1, 0.15) is 11.5 Å². The van der Waals surface area contributed by atoms with Crippen molar-refractivity contribution < 1.29 is 22.3 Å². The van der Waals surface area contributed by atoms with Gasteiger partial charge in [0.25, 0.3) is 5.91 Å². The van der Waals surface area contributed by atoms with E-state index in [0.717, 1.165) is 106 Å². The second-order valence-corrected chi connectivity index (χ2v) is 14.3. The van der Waals surface area contributed by atoms with Crippen LogP contribution in [0.4, 0.5) is 10.1 Å². The quantitative estimate of drug-likeness (QED) is 0.356. The molecule has 1 N–H and O–H groups in total. The average Bonchev–Trinajstić information content (AvgIpc) is 3.38. The molecule has 2 saturated heterocycles. The van der Waals surface area contributed by atoms with E-state index in [1.165, 1.54) is 26.2 Å². The molecule has 45 heavy (non-hydrogen) atoms. The van der Waals surface area contributed by atoms with Gasteiger partial charge in [-0.15, -0.1) is 0 Å². The highest BCUT2D eigenvalue weighted by Gasteiger charge is 2.33. The van der Waals surface area contributed by atoms with Crippen molar-refractivity contribution in [1.29, 1.82) is 0 Å². The minimum Gasteiger partial charge on any atom is -0.383 e. The number of anilines is 1. The SMILES string of the molecule is COCCN1CCN(C2CCN(c3cc(C(=O)NS(=O)(=O)N(C)C)nc4c3c(C3CCC3)nn4-c3ccc(F)cc3)CC2)CC1. The third kappa shape index (κ3) is 6.70. The summed E-state index contributed by atoms with van der Waals surface area (Å²) in [6.07, 6.45) is 5.09. The summed E-state index contributed by atoms with van der Waals surface area (Å²) in [5.41, 5.74) is 2.83. The second-order valence-electron chi connectivity index (χ2n) is 12.4. The maximum Gasteiger partial charge on any atom is 0.303 e. The van der Waals surface area contributed by atoms with E-state index in [2.05, 4.69) is 19.4 Å². The number of piperazine rings is 1. The summed E-state index contributed by atoms with van der Waals surface area (Å²) in [5.74, 6) is -0.920. The van der Waals surface area contributed by atoms with Crippen LogP contribution in [0.25, 0.3) is 16.7 Å². The fraction of sp³-hybridized carbons (Fsp3) is 0.581. The molecule has 2 aromatic heterocycles. The normalized spacial score (nSPS) is 19.4. The Bertz CT molecular complexity index is 1610. The molecule has 0 atom stereocenters. The van der Waals surface area contributed by atoms with Gasteiger partial charge in [-0.1, -0.05) is 6.42 Å². The fourth-order valence-corrected chi connectivity index (χ4v) is 7.04. The third-order valence-electron chi connectivity index (χ3n) is 9.48. The van der Waals surface area contributed by atoms with Crippen LogP contribution in [0.2, 0.25) is 0 Å². The maximum atomic E-state index is 13.9. The lowest BCUT2D eigenvalue weighted by atomic mass is 9.82. The van der Waals surface area contributed by atoms with Gasteiger partial charge >= 0.3 is 10.2 Å². The van der Waals surface area contributed by atoms with Gasteiger partial charge < -0.3 is 9.64 Å². The largest absolute Gasteiger partial charge is 0.383 e. The summed E-state index contributed by atoms with van der Waals surface area (Å²) >= 11 is 0. The maximum absolute atomic E-state index is 13.9. The van der Waals surface area contributed by atoms with E-state index in [-0.39, 0.29) is 17.4 Å². The van der Waals surface area contributed by atoms with Crippen molar-refractivity contribution in [3.05, 3.63) is 47.5 Å². The first-order valence-corrected chi connectivity index (χ1v) is 17.2. The Kier molecular flexibility index (Phi) is 9.39. The number of nitrogens with one attached hydrogen (secondary N) is 1. The van der Waals surface area contributed by atoms with Crippen LogP contribution in [-0.4, -0.2) is 123 Å². The predicted octanol–water partition coefficient (Wildman–Crippen LogP) is 2.60. The number of methoxy groups -OCH3 is 1. The molecule has 1 aromatic carbocycles. The Hall–Kier alpha value is -3.17. The van der Waals surface area contributed by atoms with E-state index < -0.39 is 16.1 Å². The van der Waals surface area contributed by atoms with Crippen molar-refractivity contribution in [2.45, 2.75) is 44.1 Å². The van der Waals surface area contributed by atoms with Gasteiger partial charge in [-0.3, -0.25) is 14.6 Å². The van der Waals surface area contributed by atoms with E-state index in [4.69, 9.17) is 14.8 Å². The van der Waals surface area contributed by atoms with Gasteiger partial charge in [-0.25, -0.2) is 18.8 Å². The molecule has 3 aromatic rings. The molecule has 0 spiro atoms. The number of carbonyl (C=O) groups is 1. The van der Waals surface area contributed by atoms with E-state index in [1.807, 2.05) is 0 Å². The summed E-state index contributed by atoms with van der Waals surface area (Å²) < 4.78 is 49.0. The molecule has 0 radical (unpaired) electrons. The molecule has 3 aliphatic rings. The molecule has 0 bridgehead atoms. The monoisotopic (exact) mass is 642 g/mol. The van der Waals surface area contributed by atoms with E-state index in [0.29, 0.717) is 17.4 Å². The summed E-state index contributed by atoms with van der Waals surface area (Å²) in [7, 11) is 0.419. The van der Waals surface area contributed by atoms with Crippen molar-refractivity contribution in [1.82, 2.24) is 33.6 Å². The first-order chi connectivity index (χ1) is 21.6. The Labute approximate surface area is 264 Å². The van der Waals surface area contributed by atoms with Crippen LogP contribution < -0.4 is 9.62 Å². The van der Waals surface area contributed by atoms with Crippen LogP contribution in [0, 0.1) is 5.82 Å². The number of amides is 1. The van der Waals surface area contributed by atoms with Crippen molar-refractivity contribution in [3.8, 4) is 5.69 Å². The number of carbonyl (C=O) groups excluding carboxylic acids is 1. The van der Waals surface area contributed by atoms with Crippen LogP contribution >= 0.6 is 0 Å². The number of ether oxygens (including phenoxy) is 1. The van der Waals surface area contributed by atoms with Gasteiger partial charge in [0, 0.05) is 79.0 Å². The zero-order valence-electron chi connectivity index (χ0n) is 26.3. The standard InChI is InChI=1S/C31H43FN8O4S/c1-36(2)45(42,43)35-31(41)26-21-27(39-13-11-24(12-14-39)38-17-15-37(16-18-38)19-20-44-3)28-29(22-5-4-6-22)34-40(30(28)33-26)25-9-7-23(32)8-10-25/h7-10,21-22,24H,4-6,11-20H2,1-3H3,(H,35,41). The van der Waals surface area contributed by atoms with Crippen molar-refractivity contribution in [2.75, 3.05) is 78.5 Å². The molecule has 1 aliphatic carbocycles. The van der Waals surface area contributed by atoms with Crippen LogP contribution in [0.15, 0.2) is 30.3 Å². The molecular weight excluding hydrogens is 599 g/mol. The highest BCUT2D eigenvalue weighted by atomic mass is 32.2. The number of rotatable bonds is 10. The summed E-state index contributed by atoms with van der Waals surface area (Å²) in [6.45, 7) is 7.44. The van der Waals surface area contributed by atoms with Crippen LogP contribution in [0.5, 0.6) is 0 Å². The summed E-state index contributed by atoms with van der Waals surface area (Å²) in [4.78, 5) is 25.5. The molecule has 6 rings (SSSR count). The third-order valence-corrected chi connectivity index (χ3v) is 10.9. The highest BCUT2D eigenvalue weighted by Crippen LogP contribution is 2.43. The molecule has 244 valence electrons. The lowest BCUT2D eigenvalue weighted by molar-refractivity contribution is 0.0672.